The van der Waals surface area contributed by atoms with Crippen LogP contribution in [0.15, 0.2) is 27.6 Å². The molecule has 0 amide bonds. The van der Waals surface area contributed by atoms with Crippen LogP contribution in [0.1, 0.15) is 13.8 Å². The highest BCUT2D eigenvalue weighted by Crippen LogP contribution is 2.26. The lowest BCUT2D eigenvalue weighted by Crippen LogP contribution is -2.35. The molecule has 7 nitrogen and oxygen atoms in total. The summed E-state index contributed by atoms with van der Waals surface area (Å²) in [6.07, 6.45) is 0. The molecule has 21 heavy (non-hydrogen) atoms. The van der Waals surface area contributed by atoms with Gasteiger partial charge in [0.15, 0.2) is 4.90 Å². The van der Waals surface area contributed by atoms with Gasteiger partial charge in [-0.2, -0.15) is 0 Å². The Morgan fingerprint density at radius 1 is 1.33 bits per heavy atom. The summed E-state index contributed by atoms with van der Waals surface area (Å²) in [5, 5.41) is 10.9. The van der Waals surface area contributed by atoms with Crippen molar-refractivity contribution >= 4 is 31.6 Å². The van der Waals surface area contributed by atoms with Crippen molar-refractivity contribution in [2.24, 2.45) is 0 Å². The van der Waals surface area contributed by atoms with Crippen LogP contribution in [0.4, 0.5) is 5.69 Å². The number of halogens is 1. The summed E-state index contributed by atoms with van der Waals surface area (Å²) < 4.78 is 27.3. The Balaban J connectivity index is 2.93. The lowest BCUT2D eigenvalue weighted by molar-refractivity contribution is -0.387. The first-order valence-electron chi connectivity index (χ1n) is 6.47. The van der Waals surface area contributed by atoms with E-state index in [0.29, 0.717) is 11.0 Å². The van der Waals surface area contributed by atoms with Gasteiger partial charge in [0.05, 0.1) is 4.92 Å². The molecule has 0 fully saturated rings. The fourth-order valence-corrected chi connectivity index (χ4v) is 3.54. The summed E-state index contributed by atoms with van der Waals surface area (Å²) in [6.45, 7) is 6.35. The number of nitrogens with one attached hydrogen (secondary N) is 1. The largest absolute Gasteiger partial charge is 0.303 e. The summed E-state index contributed by atoms with van der Waals surface area (Å²) in [5.74, 6) is 0. The van der Waals surface area contributed by atoms with E-state index in [1.165, 1.54) is 18.2 Å². The van der Waals surface area contributed by atoms with E-state index in [1.54, 1.807) is 0 Å². The Bertz CT molecular complexity index is 603. The lowest BCUT2D eigenvalue weighted by atomic mass is 10.3. The van der Waals surface area contributed by atoms with E-state index in [9.17, 15) is 18.5 Å². The normalized spacial score (nSPS) is 11.8. The third kappa shape index (κ3) is 5.03. The van der Waals surface area contributed by atoms with Gasteiger partial charge in [0.2, 0.25) is 10.0 Å². The zero-order valence-electron chi connectivity index (χ0n) is 11.9. The summed E-state index contributed by atoms with van der Waals surface area (Å²) in [6, 6.07) is 3.84. The number of benzene rings is 1. The molecule has 0 aromatic heterocycles. The first-order valence-corrected chi connectivity index (χ1v) is 8.75. The number of nitro groups is 1. The van der Waals surface area contributed by atoms with Crippen LogP contribution < -0.4 is 4.72 Å². The highest BCUT2D eigenvalue weighted by molar-refractivity contribution is 9.10. The van der Waals surface area contributed by atoms with Gasteiger partial charge in [-0.1, -0.05) is 29.8 Å². The third-order valence-electron chi connectivity index (χ3n) is 3.02. The van der Waals surface area contributed by atoms with Crippen molar-refractivity contribution in [3.05, 3.63) is 32.8 Å². The molecule has 0 saturated carbocycles. The zero-order chi connectivity index (χ0) is 16.0. The second kappa shape index (κ2) is 7.83. The van der Waals surface area contributed by atoms with Crippen LogP contribution in [0.25, 0.3) is 0 Å². The van der Waals surface area contributed by atoms with E-state index >= 15 is 0 Å². The molecule has 1 aromatic rings. The molecule has 0 aliphatic rings. The van der Waals surface area contributed by atoms with Crippen molar-refractivity contribution in [2.45, 2.75) is 18.7 Å². The Hall–Kier alpha value is -1.03. The van der Waals surface area contributed by atoms with Crippen LogP contribution in [0.3, 0.4) is 0 Å². The molecule has 1 N–H and O–H groups in total. The summed E-state index contributed by atoms with van der Waals surface area (Å²) in [5.41, 5.74) is -0.437. The van der Waals surface area contributed by atoms with Crippen molar-refractivity contribution in [1.82, 2.24) is 9.62 Å². The monoisotopic (exact) mass is 379 g/mol. The quantitative estimate of drug-likeness (QED) is 0.550. The topological polar surface area (TPSA) is 92.6 Å². The predicted octanol–water partition coefficient (Wildman–Crippen LogP) is 1.98. The molecule has 0 saturated heterocycles. The average molecular weight is 380 g/mol. The molecule has 0 heterocycles. The van der Waals surface area contributed by atoms with Gasteiger partial charge in [-0.15, -0.1) is 0 Å². The van der Waals surface area contributed by atoms with E-state index in [1.807, 2.05) is 13.8 Å². The molecule has 0 bridgehead atoms. The zero-order valence-corrected chi connectivity index (χ0v) is 14.3. The van der Waals surface area contributed by atoms with E-state index in [0.717, 1.165) is 13.1 Å². The van der Waals surface area contributed by atoms with Crippen LogP contribution in [-0.4, -0.2) is 44.4 Å². The summed E-state index contributed by atoms with van der Waals surface area (Å²) >= 11 is 3.13. The molecule has 0 radical (unpaired) electrons. The Labute approximate surface area is 132 Å². The Morgan fingerprint density at radius 2 is 1.95 bits per heavy atom. The second-order valence-corrected chi connectivity index (χ2v) is 6.94. The van der Waals surface area contributed by atoms with Crippen molar-refractivity contribution in [2.75, 3.05) is 26.2 Å². The van der Waals surface area contributed by atoms with Crippen molar-refractivity contribution in [1.29, 1.82) is 0 Å². The smallest absolute Gasteiger partial charge is 0.289 e. The van der Waals surface area contributed by atoms with Crippen molar-refractivity contribution in [3.8, 4) is 0 Å². The number of sulfonamides is 1. The maximum absolute atomic E-state index is 12.2. The van der Waals surface area contributed by atoms with Crippen LogP contribution in [0.2, 0.25) is 0 Å². The molecule has 0 spiro atoms. The summed E-state index contributed by atoms with van der Waals surface area (Å²) in [7, 11) is -3.92. The molecule has 0 atom stereocenters. The Morgan fingerprint density at radius 3 is 2.48 bits per heavy atom. The van der Waals surface area contributed by atoms with Gasteiger partial charge in [-0.05, 0) is 25.2 Å². The molecule has 1 aromatic carbocycles. The average Bonchev–Trinajstić information content (AvgIpc) is 2.43. The van der Waals surface area contributed by atoms with E-state index in [-0.39, 0.29) is 11.4 Å². The standard InChI is InChI=1S/C12H18BrN3O4S/c1-3-15(4-2)8-7-14-21(19,20)12-9-10(13)5-6-11(12)16(17)18/h5-6,9,14H,3-4,7-8H2,1-2H3. The number of rotatable bonds is 8. The number of likely N-dealkylation sites (N-methyl/N-ethyl adjacent to an activating group) is 1. The van der Waals surface area contributed by atoms with Gasteiger partial charge in [0, 0.05) is 23.6 Å². The first-order chi connectivity index (χ1) is 9.81. The van der Waals surface area contributed by atoms with Crippen LogP contribution in [0.5, 0.6) is 0 Å². The lowest BCUT2D eigenvalue weighted by Gasteiger charge is -2.18. The van der Waals surface area contributed by atoms with Crippen LogP contribution >= 0.6 is 15.9 Å². The highest BCUT2D eigenvalue weighted by atomic mass is 79.9. The first kappa shape index (κ1) is 18.0. The van der Waals surface area contributed by atoms with Gasteiger partial charge in [-0.25, -0.2) is 13.1 Å². The van der Waals surface area contributed by atoms with E-state index in [4.69, 9.17) is 0 Å². The fraction of sp³-hybridized carbons (Fsp3) is 0.500. The molecule has 0 unspecified atom stereocenters. The summed E-state index contributed by atoms with van der Waals surface area (Å²) in [4.78, 5) is 12.0. The second-order valence-electron chi connectivity index (χ2n) is 4.29. The van der Waals surface area contributed by atoms with Crippen molar-refractivity contribution < 1.29 is 13.3 Å². The minimum atomic E-state index is -3.92. The minimum Gasteiger partial charge on any atom is -0.303 e. The Kier molecular flexibility index (Phi) is 6.72. The van der Waals surface area contributed by atoms with Gasteiger partial charge >= 0.3 is 0 Å². The van der Waals surface area contributed by atoms with Crippen LogP contribution in [0, 0.1) is 10.1 Å². The molecule has 9 heteroatoms. The molecule has 0 aliphatic heterocycles. The minimum absolute atomic E-state index is 0.202. The number of nitrogens with zero attached hydrogens (tertiary/aromatic N) is 2. The maximum atomic E-state index is 12.2. The maximum Gasteiger partial charge on any atom is 0.289 e. The predicted molar refractivity (Wildman–Crippen MR) is 83.8 cm³/mol. The fourth-order valence-electron chi connectivity index (χ4n) is 1.81. The molecule has 1 rings (SSSR count). The molecule has 0 aliphatic carbocycles. The number of nitro benzene ring substituents is 1. The third-order valence-corrected chi connectivity index (χ3v) is 5.01. The molecular weight excluding hydrogens is 362 g/mol. The number of hydrogen-bond acceptors (Lipinski definition) is 5. The van der Waals surface area contributed by atoms with Crippen molar-refractivity contribution in [3.63, 3.8) is 0 Å². The van der Waals surface area contributed by atoms with E-state index in [2.05, 4.69) is 25.6 Å². The van der Waals surface area contributed by atoms with Gasteiger partial charge in [-0.3, -0.25) is 10.1 Å². The van der Waals surface area contributed by atoms with Crippen LogP contribution in [-0.2, 0) is 10.0 Å². The van der Waals surface area contributed by atoms with Gasteiger partial charge in [0.25, 0.3) is 5.69 Å². The molecule has 118 valence electrons. The van der Waals surface area contributed by atoms with Gasteiger partial charge in [0.1, 0.15) is 0 Å². The molecular formula is C12H18BrN3O4S. The van der Waals surface area contributed by atoms with Gasteiger partial charge < -0.3 is 4.90 Å². The highest BCUT2D eigenvalue weighted by Gasteiger charge is 2.25. The number of hydrogen-bond donors (Lipinski definition) is 1. The van der Waals surface area contributed by atoms with E-state index < -0.39 is 20.6 Å². The SMILES string of the molecule is CCN(CC)CCNS(=O)(=O)c1cc(Br)ccc1[N+](=O)[O-].